The molecule has 0 amide bonds. The third-order valence-corrected chi connectivity index (χ3v) is 11.1. The average molecular weight is 632 g/mol. The van der Waals surface area contributed by atoms with Crippen LogP contribution in [0.1, 0.15) is 35.6 Å². The van der Waals surface area contributed by atoms with Crippen molar-refractivity contribution in [2.24, 2.45) is 0 Å². The van der Waals surface area contributed by atoms with Crippen molar-refractivity contribution in [1.29, 1.82) is 0 Å². The lowest BCUT2D eigenvalue weighted by atomic mass is 10.0. The maximum atomic E-state index is 14.0. The number of aryl methyl sites for hydroxylation is 2. The van der Waals surface area contributed by atoms with Gasteiger partial charge in [0.05, 0.1) is 15.5 Å². The highest BCUT2D eigenvalue weighted by Gasteiger charge is 2.37. The van der Waals surface area contributed by atoms with E-state index in [2.05, 4.69) is 0 Å². The number of benzene rings is 4. The second-order valence-electron chi connectivity index (χ2n) is 10.2. The Balaban J connectivity index is 1.65. The van der Waals surface area contributed by atoms with Crippen LogP contribution in [0.4, 0.5) is 5.69 Å². The molecule has 0 N–H and O–H groups in total. The smallest absolute Gasteiger partial charge is 0.339 e. The van der Waals surface area contributed by atoms with E-state index in [0.29, 0.717) is 20.4 Å². The number of ether oxygens (including phenoxy) is 1. The number of rotatable bonds is 9. The molecule has 5 rings (SSSR count). The number of carbonyl (C=O) groups is 1. The topological polar surface area (TPSA) is 128 Å². The highest BCUT2D eigenvalue weighted by Crippen LogP contribution is 2.33. The molecule has 226 valence electrons. The second-order valence-corrected chi connectivity index (χ2v) is 14.0. The van der Waals surface area contributed by atoms with Gasteiger partial charge in [-0.25, -0.2) is 21.6 Å². The van der Waals surface area contributed by atoms with Crippen LogP contribution in [0.15, 0.2) is 116 Å². The van der Waals surface area contributed by atoms with Gasteiger partial charge in [0.15, 0.2) is 0 Å². The molecule has 9 nitrogen and oxygen atoms in total. The Kier molecular flexibility index (Phi) is 8.44. The normalized spacial score (nSPS) is 11.8. The van der Waals surface area contributed by atoms with Gasteiger partial charge in [0.1, 0.15) is 11.3 Å². The van der Waals surface area contributed by atoms with Gasteiger partial charge in [0.25, 0.3) is 20.0 Å². The monoisotopic (exact) mass is 631 g/mol. The summed E-state index contributed by atoms with van der Waals surface area (Å²) in [6, 6.07) is 24.0. The number of nitrogens with zero attached hydrogens (tertiary/aromatic N) is 1. The van der Waals surface area contributed by atoms with Gasteiger partial charge in [-0.15, -0.1) is 0 Å². The summed E-state index contributed by atoms with van der Waals surface area (Å²) in [7, 11) is -9.27. The van der Waals surface area contributed by atoms with Crippen LogP contribution in [0, 0.1) is 13.8 Å². The van der Waals surface area contributed by atoms with Crippen LogP contribution in [0.3, 0.4) is 0 Å². The summed E-state index contributed by atoms with van der Waals surface area (Å²) in [6.45, 7) is 5.25. The van der Waals surface area contributed by atoms with E-state index in [1.165, 1.54) is 48.5 Å². The lowest BCUT2D eigenvalue weighted by Crippen LogP contribution is -2.37. The summed E-state index contributed by atoms with van der Waals surface area (Å²) in [4.78, 5) is 24.4. The Morgan fingerprint density at radius 2 is 1.32 bits per heavy atom. The Bertz CT molecular complexity index is 2060. The number of carbonyl (C=O) groups excluding carboxylic acids is 1. The Hall–Kier alpha value is -4.74. The molecule has 0 saturated heterocycles. The number of hydrogen-bond donors (Lipinski definition) is 0. The minimum atomic E-state index is -4.64. The van der Waals surface area contributed by atoms with Gasteiger partial charge in [0.2, 0.25) is 0 Å². The van der Waals surface area contributed by atoms with Crippen molar-refractivity contribution in [3.05, 3.63) is 130 Å². The van der Waals surface area contributed by atoms with Crippen LogP contribution in [-0.4, -0.2) is 22.8 Å². The molecule has 5 aromatic rings. The Morgan fingerprint density at radius 1 is 0.750 bits per heavy atom. The standard InChI is InChI=1S/C33H29NO8S2/c1-4-32(35)41-30-8-6-5-7-24(30)19-26-20-25-21-27(13-18-31(25)42-33(26)36)34(43(37,38)28-14-9-22(2)10-15-28)44(39,40)29-16-11-23(3)12-17-29/h5-18,20-21H,4,19H2,1-3H3. The van der Waals surface area contributed by atoms with Crippen LogP contribution in [0.2, 0.25) is 0 Å². The summed E-state index contributed by atoms with van der Waals surface area (Å²) < 4.78 is 67.4. The molecule has 0 aliphatic carbocycles. The predicted octanol–water partition coefficient (Wildman–Crippen LogP) is 5.90. The molecule has 0 unspecified atom stereocenters. The van der Waals surface area contributed by atoms with Crippen molar-refractivity contribution < 1.29 is 30.8 Å². The number of para-hydroxylation sites is 1. The largest absolute Gasteiger partial charge is 0.426 e. The minimum Gasteiger partial charge on any atom is -0.426 e. The molecular weight excluding hydrogens is 602 g/mol. The Morgan fingerprint density at radius 3 is 1.89 bits per heavy atom. The van der Waals surface area contributed by atoms with Gasteiger partial charge in [-0.05, 0) is 74.0 Å². The minimum absolute atomic E-state index is 0.0444. The lowest BCUT2D eigenvalue weighted by Gasteiger charge is -2.24. The van der Waals surface area contributed by atoms with E-state index >= 15 is 0 Å². The molecule has 0 aliphatic heterocycles. The van der Waals surface area contributed by atoms with Gasteiger partial charge in [-0.1, -0.05) is 60.5 Å². The molecule has 0 radical (unpaired) electrons. The SMILES string of the molecule is CCC(=O)Oc1ccccc1Cc1cc2cc(N(S(=O)(=O)c3ccc(C)cc3)S(=O)(=O)c3ccc(C)cc3)ccc2oc1=O. The lowest BCUT2D eigenvalue weighted by molar-refractivity contribution is -0.134. The number of anilines is 1. The first-order valence-electron chi connectivity index (χ1n) is 13.7. The average Bonchev–Trinajstić information content (AvgIpc) is 2.99. The van der Waals surface area contributed by atoms with E-state index in [9.17, 15) is 26.4 Å². The summed E-state index contributed by atoms with van der Waals surface area (Å²) in [5, 5.41) is 0.295. The first-order chi connectivity index (χ1) is 20.9. The van der Waals surface area contributed by atoms with Gasteiger partial charge in [-0.2, -0.15) is 3.71 Å². The van der Waals surface area contributed by atoms with E-state index in [1.807, 2.05) is 0 Å². The molecule has 0 bridgehead atoms. The van der Waals surface area contributed by atoms with E-state index in [1.54, 1.807) is 69.3 Å². The molecule has 1 aromatic heterocycles. The van der Waals surface area contributed by atoms with E-state index in [-0.39, 0.29) is 39.5 Å². The Labute approximate surface area is 255 Å². The molecule has 0 atom stereocenters. The van der Waals surface area contributed by atoms with Crippen LogP contribution in [0.5, 0.6) is 5.75 Å². The maximum absolute atomic E-state index is 14.0. The molecular formula is C33H29NO8S2. The first-order valence-corrected chi connectivity index (χ1v) is 16.6. The van der Waals surface area contributed by atoms with E-state index < -0.39 is 31.6 Å². The summed E-state index contributed by atoms with van der Waals surface area (Å²) in [5.41, 5.74) is 1.68. The molecule has 0 aliphatic rings. The third kappa shape index (κ3) is 6.15. The van der Waals surface area contributed by atoms with Crippen molar-refractivity contribution in [3.63, 3.8) is 0 Å². The van der Waals surface area contributed by atoms with Crippen LogP contribution in [-0.2, 0) is 31.3 Å². The van der Waals surface area contributed by atoms with Gasteiger partial charge in [0, 0.05) is 23.8 Å². The van der Waals surface area contributed by atoms with Gasteiger partial charge < -0.3 is 9.15 Å². The van der Waals surface area contributed by atoms with Crippen molar-refractivity contribution >= 4 is 42.7 Å². The fourth-order valence-electron chi connectivity index (χ4n) is 4.56. The number of fused-ring (bicyclic) bond motifs is 1. The molecule has 11 heteroatoms. The zero-order chi connectivity index (χ0) is 31.6. The third-order valence-electron chi connectivity index (χ3n) is 6.94. The van der Waals surface area contributed by atoms with E-state index in [4.69, 9.17) is 9.15 Å². The number of sulfonamides is 2. The van der Waals surface area contributed by atoms with Crippen molar-refractivity contribution in [2.45, 2.75) is 43.4 Å². The predicted molar refractivity (Wildman–Crippen MR) is 167 cm³/mol. The molecule has 44 heavy (non-hydrogen) atoms. The molecule has 0 spiro atoms. The van der Waals surface area contributed by atoms with Crippen LogP contribution >= 0.6 is 0 Å². The second kappa shape index (κ2) is 12.1. The summed E-state index contributed by atoms with van der Waals surface area (Å²) in [5.74, 6) is -0.135. The zero-order valence-electron chi connectivity index (χ0n) is 24.2. The van der Waals surface area contributed by atoms with Crippen LogP contribution < -0.4 is 14.1 Å². The molecule has 4 aromatic carbocycles. The number of esters is 1. The quantitative estimate of drug-likeness (QED) is 0.112. The van der Waals surface area contributed by atoms with Crippen molar-refractivity contribution in [2.75, 3.05) is 3.71 Å². The van der Waals surface area contributed by atoms with E-state index in [0.717, 1.165) is 11.1 Å². The van der Waals surface area contributed by atoms with Gasteiger partial charge in [-0.3, -0.25) is 4.79 Å². The summed E-state index contributed by atoms with van der Waals surface area (Å²) >= 11 is 0. The van der Waals surface area contributed by atoms with Crippen molar-refractivity contribution in [1.82, 2.24) is 0 Å². The first kappa shape index (κ1) is 30.7. The number of hydrogen-bond acceptors (Lipinski definition) is 8. The highest BCUT2D eigenvalue weighted by atomic mass is 32.3. The molecule has 1 heterocycles. The zero-order valence-corrected chi connectivity index (χ0v) is 25.8. The molecule has 0 saturated carbocycles. The fraction of sp³-hybridized carbons (Fsp3) is 0.152. The highest BCUT2D eigenvalue weighted by molar-refractivity contribution is 8.10. The maximum Gasteiger partial charge on any atom is 0.339 e. The molecule has 0 fully saturated rings. The van der Waals surface area contributed by atoms with Gasteiger partial charge >= 0.3 is 11.6 Å². The fourth-order valence-corrected chi connectivity index (χ4v) is 8.23. The summed E-state index contributed by atoms with van der Waals surface area (Å²) in [6.07, 6.45) is 0.214. The van der Waals surface area contributed by atoms with Crippen LogP contribution in [0.25, 0.3) is 11.0 Å². The van der Waals surface area contributed by atoms with Crippen molar-refractivity contribution in [3.8, 4) is 5.75 Å².